The van der Waals surface area contributed by atoms with E-state index in [1.54, 1.807) is 0 Å². The molecule has 0 aliphatic heterocycles. The fourth-order valence-electron chi connectivity index (χ4n) is 2.45. The van der Waals surface area contributed by atoms with Gasteiger partial charge in [0.15, 0.2) is 5.82 Å². The van der Waals surface area contributed by atoms with E-state index >= 15 is 0 Å². The Kier molecular flexibility index (Phi) is 3.04. The molecule has 0 amide bonds. The number of benzene rings is 1. The number of rotatable bonds is 4. The smallest absolute Gasteiger partial charge is 0.159 e. The number of hydrogen-bond donors (Lipinski definition) is 0. The van der Waals surface area contributed by atoms with Gasteiger partial charge in [0.25, 0.3) is 0 Å². The van der Waals surface area contributed by atoms with Gasteiger partial charge in [-0.15, -0.1) is 5.10 Å². The molecule has 1 aromatic heterocycles. The molecule has 4 nitrogen and oxygen atoms in total. The van der Waals surface area contributed by atoms with Crippen molar-refractivity contribution in [3.63, 3.8) is 0 Å². The van der Waals surface area contributed by atoms with Gasteiger partial charge in [-0.25, -0.2) is 0 Å². The fraction of sp³-hybridized carbons (Fsp3) is 0.400. The zero-order chi connectivity index (χ0) is 13.2. The van der Waals surface area contributed by atoms with E-state index in [0.717, 1.165) is 28.8 Å². The lowest BCUT2D eigenvalue weighted by atomic mass is 10.1. The zero-order valence-electron chi connectivity index (χ0n) is 11.0. The summed E-state index contributed by atoms with van der Waals surface area (Å²) < 4.78 is 0. The monoisotopic (exact) mass is 252 g/mol. The van der Waals surface area contributed by atoms with E-state index in [1.807, 2.05) is 19.1 Å². The van der Waals surface area contributed by atoms with Crippen LogP contribution in [0.3, 0.4) is 0 Å². The average Bonchev–Trinajstić information content (AvgIpc) is 3.26. The molecule has 1 fully saturated rings. The predicted molar refractivity (Wildman–Crippen MR) is 74.9 cm³/mol. The lowest BCUT2D eigenvalue weighted by molar-refractivity contribution is 0.768. The normalized spacial score (nSPS) is 14.3. The van der Waals surface area contributed by atoms with E-state index in [0.29, 0.717) is 12.5 Å². The van der Waals surface area contributed by atoms with Gasteiger partial charge in [-0.3, -0.25) is 0 Å². The first kappa shape index (κ1) is 11.9. The number of aryl methyl sites for hydroxylation is 1. The zero-order valence-corrected chi connectivity index (χ0v) is 11.0. The van der Waals surface area contributed by atoms with E-state index in [2.05, 4.69) is 33.3 Å². The topological polar surface area (TPSA) is 52.8 Å². The van der Waals surface area contributed by atoms with Gasteiger partial charge in [0.1, 0.15) is 0 Å². The van der Waals surface area contributed by atoms with Crippen molar-refractivity contribution in [1.29, 1.82) is 5.26 Å². The van der Waals surface area contributed by atoms with Crippen LogP contribution in [0.15, 0.2) is 24.3 Å². The molecule has 0 radical (unpaired) electrons. The third-order valence-corrected chi connectivity index (χ3v) is 3.58. The van der Waals surface area contributed by atoms with Crippen LogP contribution in [0.5, 0.6) is 0 Å². The van der Waals surface area contributed by atoms with E-state index < -0.39 is 0 Å². The van der Waals surface area contributed by atoms with Crippen molar-refractivity contribution in [2.45, 2.75) is 32.2 Å². The first-order chi connectivity index (χ1) is 9.31. The van der Waals surface area contributed by atoms with Gasteiger partial charge in [-0.05, 0) is 19.8 Å². The summed E-state index contributed by atoms with van der Waals surface area (Å²) >= 11 is 0. The summed E-state index contributed by atoms with van der Waals surface area (Å²) in [7, 11) is 0. The molecule has 0 N–H and O–H groups in total. The highest BCUT2D eigenvalue weighted by Crippen LogP contribution is 2.34. The van der Waals surface area contributed by atoms with Gasteiger partial charge in [0.2, 0.25) is 0 Å². The second-order valence-corrected chi connectivity index (χ2v) is 4.99. The SMILES string of the molecule is Cc1nnc(N(CCC#N)C2CC2)c2ccccc12. The molecule has 1 saturated carbocycles. The largest absolute Gasteiger partial charge is 0.351 e. The van der Waals surface area contributed by atoms with Crippen molar-refractivity contribution >= 4 is 16.6 Å². The maximum atomic E-state index is 8.81. The summed E-state index contributed by atoms with van der Waals surface area (Å²) in [6, 6.07) is 11.0. The molecule has 3 rings (SSSR count). The van der Waals surface area contributed by atoms with Crippen molar-refractivity contribution in [2.24, 2.45) is 0 Å². The number of fused-ring (bicyclic) bond motifs is 1. The van der Waals surface area contributed by atoms with Crippen LogP contribution in [0.4, 0.5) is 5.82 Å². The standard InChI is InChI=1S/C15H16N4/c1-11-13-5-2-3-6-14(13)15(18-17-11)19(10-4-9-16)12-7-8-12/h2-3,5-6,12H,4,7-8,10H2,1H3. The highest BCUT2D eigenvalue weighted by molar-refractivity contribution is 5.93. The fourth-order valence-corrected chi connectivity index (χ4v) is 2.45. The Hall–Kier alpha value is -2.15. The number of aromatic nitrogens is 2. The highest BCUT2D eigenvalue weighted by Gasteiger charge is 2.31. The molecule has 2 aromatic rings. The van der Waals surface area contributed by atoms with Crippen molar-refractivity contribution in [2.75, 3.05) is 11.4 Å². The third-order valence-electron chi connectivity index (χ3n) is 3.58. The highest BCUT2D eigenvalue weighted by atomic mass is 15.3. The molecule has 1 aliphatic carbocycles. The molecule has 1 aromatic carbocycles. The van der Waals surface area contributed by atoms with Gasteiger partial charge in [-0.1, -0.05) is 24.3 Å². The Labute approximate surface area is 112 Å². The van der Waals surface area contributed by atoms with Crippen molar-refractivity contribution < 1.29 is 0 Å². The van der Waals surface area contributed by atoms with Crippen molar-refractivity contribution in [1.82, 2.24) is 10.2 Å². The number of anilines is 1. The second kappa shape index (κ2) is 4.85. The van der Waals surface area contributed by atoms with Gasteiger partial charge < -0.3 is 4.90 Å². The van der Waals surface area contributed by atoms with Crippen molar-refractivity contribution in [3.8, 4) is 6.07 Å². The molecular weight excluding hydrogens is 236 g/mol. The number of nitrogens with zero attached hydrogens (tertiary/aromatic N) is 4. The predicted octanol–water partition coefficient (Wildman–Crippen LogP) is 2.82. The Morgan fingerprint density at radius 1 is 1.26 bits per heavy atom. The summed E-state index contributed by atoms with van der Waals surface area (Å²) in [5.74, 6) is 0.930. The third kappa shape index (κ3) is 2.24. The molecule has 0 bridgehead atoms. The lowest BCUT2D eigenvalue weighted by Crippen LogP contribution is -2.28. The lowest BCUT2D eigenvalue weighted by Gasteiger charge is -2.23. The Bertz CT molecular complexity index is 640. The van der Waals surface area contributed by atoms with Gasteiger partial charge in [0.05, 0.1) is 18.2 Å². The summed E-state index contributed by atoms with van der Waals surface area (Å²) in [4.78, 5) is 2.25. The molecule has 0 unspecified atom stereocenters. The van der Waals surface area contributed by atoms with Crippen molar-refractivity contribution in [3.05, 3.63) is 30.0 Å². The van der Waals surface area contributed by atoms with Crippen LogP contribution in [0, 0.1) is 18.3 Å². The first-order valence-electron chi connectivity index (χ1n) is 6.67. The molecule has 1 aliphatic rings. The quantitative estimate of drug-likeness (QED) is 0.839. The van der Waals surface area contributed by atoms with Crippen LogP contribution in [0.25, 0.3) is 10.8 Å². The summed E-state index contributed by atoms with van der Waals surface area (Å²) in [6.45, 7) is 2.72. The van der Waals surface area contributed by atoms with Crippen LogP contribution in [0.1, 0.15) is 25.0 Å². The van der Waals surface area contributed by atoms with E-state index in [-0.39, 0.29) is 0 Å². The average molecular weight is 252 g/mol. The molecule has 0 atom stereocenters. The molecule has 4 heteroatoms. The number of hydrogen-bond acceptors (Lipinski definition) is 4. The minimum absolute atomic E-state index is 0.528. The maximum absolute atomic E-state index is 8.81. The summed E-state index contributed by atoms with van der Waals surface area (Å²) in [5, 5.41) is 19.8. The Morgan fingerprint density at radius 2 is 2.00 bits per heavy atom. The summed E-state index contributed by atoms with van der Waals surface area (Å²) in [5.41, 5.74) is 0.954. The van der Waals surface area contributed by atoms with E-state index in [1.165, 1.54) is 12.8 Å². The van der Waals surface area contributed by atoms with Crippen LogP contribution in [-0.4, -0.2) is 22.8 Å². The Morgan fingerprint density at radius 3 is 2.68 bits per heavy atom. The van der Waals surface area contributed by atoms with E-state index in [9.17, 15) is 0 Å². The first-order valence-corrected chi connectivity index (χ1v) is 6.67. The molecule has 0 saturated heterocycles. The summed E-state index contributed by atoms with van der Waals surface area (Å²) in [6.07, 6.45) is 2.91. The van der Waals surface area contributed by atoms with Crippen LogP contribution < -0.4 is 4.90 Å². The molecule has 19 heavy (non-hydrogen) atoms. The minimum Gasteiger partial charge on any atom is -0.351 e. The molecule has 0 spiro atoms. The molecule has 96 valence electrons. The Balaban J connectivity index is 2.08. The minimum atomic E-state index is 0.528. The van der Waals surface area contributed by atoms with Crippen LogP contribution in [0.2, 0.25) is 0 Å². The van der Waals surface area contributed by atoms with Crippen LogP contribution in [-0.2, 0) is 0 Å². The van der Waals surface area contributed by atoms with Crippen LogP contribution >= 0.6 is 0 Å². The molecular formula is C15H16N4. The van der Waals surface area contributed by atoms with E-state index in [4.69, 9.17) is 5.26 Å². The van der Waals surface area contributed by atoms with Gasteiger partial charge in [-0.2, -0.15) is 10.4 Å². The van der Waals surface area contributed by atoms with Gasteiger partial charge >= 0.3 is 0 Å². The van der Waals surface area contributed by atoms with Gasteiger partial charge in [0, 0.05) is 23.4 Å². The molecule has 1 heterocycles. The maximum Gasteiger partial charge on any atom is 0.159 e. The second-order valence-electron chi connectivity index (χ2n) is 4.99. The number of nitriles is 1.